The molecular weight excluding hydrogens is 412 g/mol. The molecule has 0 spiro atoms. The van der Waals surface area contributed by atoms with Gasteiger partial charge < -0.3 is 14.2 Å². The summed E-state index contributed by atoms with van der Waals surface area (Å²) >= 11 is 3.48. The summed E-state index contributed by atoms with van der Waals surface area (Å²) in [4.78, 5) is 12.2. The summed E-state index contributed by atoms with van der Waals surface area (Å²) in [6.45, 7) is 7.35. The normalized spacial score (nSPS) is 10.7. The number of ether oxygens (including phenoxy) is 3. The average Bonchev–Trinajstić information content (AvgIpc) is 2.65. The van der Waals surface area contributed by atoms with Crippen molar-refractivity contribution in [1.29, 1.82) is 0 Å². The van der Waals surface area contributed by atoms with E-state index in [-0.39, 0.29) is 5.91 Å². The molecule has 0 aromatic heterocycles. The summed E-state index contributed by atoms with van der Waals surface area (Å²) in [5, 5.41) is 4.02. The number of halogens is 1. The molecule has 0 aliphatic heterocycles. The first-order valence-corrected chi connectivity index (χ1v) is 9.53. The topological polar surface area (TPSA) is 69.2 Å². The van der Waals surface area contributed by atoms with Crippen molar-refractivity contribution < 1.29 is 19.0 Å². The van der Waals surface area contributed by atoms with E-state index in [2.05, 4.69) is 26.5 Å². The van der Waals surface area contributed by atoms with E-state index in [4.69, 9.17) is 14.2 Å². The number of carbonyl (C=O) groups is 1. The summed E-state index contributed by atoms with van der Waals surface area (Å²) in [5.74, 6) is 1.69. The minimum absolute atomic E-state index is 0.302. The zero-order valence-corrected chi connectivity index (χ0v) is 17.2. The highest BCUT2D eigenvalue weighted by atomic mass is 79.9. The van der Waals surface area contributed by atoms with Crippen LogP contribution >= 0.6 is 15.9 Å². The van der Waals surface area contributed by atoms with Crippen LogP contribution in [0.1, 0.15) is 36.7 Å². The van der Waals surface area contributed by atoms with Crippen LogP contribution in [0, 0.1) is 0 Å². The molecule has 6 nitrogen and oxygen atoms in total. The van der Waals surface area contributed by atoms with E-state index in [0.717, 1.165) is 15.8 Å². The Hall–Kier alpha value is -2.54. The van der Waals surface area contributed by atoms with Crippen molar-refractivity contribution in [1.82, 2.24) is 5.43 Å². The van der Waals surface area contributed by atoms with Crippen molar-refractivity contribution >= 4 is 28.1 Å². The maximum Gasteiger partial charge on any atom is 0.271 e. The Morgan fingerprint density at radius 3 is 2.33 bits per heavy atom. The number of hydrogen-bond acceptors (Lipinski definition) is 5. The second-order valence-electron chi connectivity index (χ2n) is 5.35. The molecule has 0 bridgehead atoms. The van der Waals surface area contributed by atoms with Gasteiger partial charge in [0.05, 0.1) is 30.5 Å². The predicted molar refractivity (Wildman–Crippen MR) is 109 cm³/mol. The second kappa shape index (κ2) is 10.6. The van der Waals surface area contributed by atoms with E-state index in [9.17, 15) is 4.79 Å². The number of amides is 1. The van der Waals surface area contributed by atoms with E-state index >= 15 is 0 Å². The Balaban J connectivity index is 2.07. The number of rotatable bonds is 9. The highest BCUT2D eigenvalue weighted by molar-refractivity contribution is 9.10. The predicted octanol–water partition coefficient (Wildman–Crippen LogP) is 4.41. The van der Waals surface area contributed by atoms with Crippen molar-refractivity contribution in [3.05, 3.63) is 52.0 Å². The summed E-state index contributed by atoms with van der Waals surface area (Å²) in [6.07, 6.45) is 1.55. The van der Waals surface area contributed by atoms with Crippen LogP contribution in [0.25, 0.3) is 0 Å². The summed E-state index contributed by atoms with van der Waals surface area (Å²) < 4.78 is 17.3. The van der Waals surface area contributed by atoms with Gasteiger partial charge in [-0.2, -0.15) is 5.10 Å². The van der Waals surface area contributed by atoms with Gasteiger partial charge in [-0.05, 0) is 78.7 Å². The largest absolute Gasteiger partial charge is 0.494 e. The van der Waals surface area contributed by atoms with Crippen molar-refractivity contribution in [3.8, 4) is 17.2 Å². The fourth-order valence-electron chi connectivity index (χ4n) is 2.31. The molecule has 0 heterocycles. The van der Waals surface area contributed by atoms with E-state index in [1.165, 1.54) is 0 Å². The lowest BCUT2D eigenvalue weighted by Crippen LogP contribution is -2.17. The zero-order chi connectivity index (χ0) is 19.6. The number of benzene rings is 2. The molecule has 0 saturated heterocycles. The van der Waals surface area contributed by atoms with Gasteiger partial charge in [0.25, 0.3) is 5.91 Å². The summed E-state index contributed by atoms with van der Waals surface area (Å²) in [7, 11) is 0. The summed E-state index contributed by atoms with van der Waals surface area (Å²) in [5.41, 5.74) is 3.78. The molecular formula is C20H23BrN2O4. The molecule has 7 heteroatoms. The molecule has 0 aliphatic carbocycles. The fraction of sp³-hybridized carbons (Fsp3) is 0.300. The number of nitrogens with one attached hydrogen (secondary N) is 1. The van der Waals surface area contributed by atoms with Crippen molar-refractivity contribution in [2.75, 3.05) is 19.8 Å². The van der Waals surface area contributed by atoms with Crippen molar-refractivity contribution in [2.24, 2.45) is 5.10 Å². The van der Waals surface area contributed by atoms with E-state index in [1.807, 2.05) is 32.9 Å². The van der Waals surface area contributed by atoms with Gasteiger partial charge in [-0.15, -0.1) is 0 Å². The lowest BCUT2D eigenvalue weighted by molar-refractivity contribution is 0.0955. The molecule has 1 N–H and O–H groups in total. The Bertz CT molecular complexity index is 791. The first-order valence-electron chi connectivity index (χ1n) is 8.74. The maximum atomic E-state index is 12.2. The molecule has 1 amide bonds. The van der Waals surface area contributed by atoms with Gasteiger partial charge in [0, 0.05) is 5.56 Å². The molecule has 0 unspecified atom stereocenters. The monoisotopic (exact) mass is 434 g/mol. The van der Waals surface area contributed by atoms with Gasteiger partial charge >= 0.3 is 0 Å². The lowest BCUT2D eigenvalue weighted by Gasteiger charge is -2.13. The van der Waals surface area contributed by atoms with Crippen LogP contribution in [0.4, 0.5) is 0 Å². The number of hydrazone groups is 1. The molecule has 144 valence electrons. The standard InChI is InChI=1S/C20H23BrN2O4/c1-4-25-16-9-7-15(8-10-16)20(24)23-22-13-14-11-17(21)19(27-6-3)18(12-14)26-5-2/h7-13H,4-6H2,1-3H3,(H,23,24)/b22-13-. The third-order valence-electron chi connectivity index (χ3n) is 3.43. The van der Waals surface area contributed by atoms with Gasteiger partial charge in [0.15, 0.2) is 11.5 Å². The van der Waals surface area contributed by atoms with Crippen LogP contribution in [-0.2, 0) is 0 Å². The minimum Gasteiger partial charge on any atom is -0.494 e. The van der Waals surface area contributed by atoms with Gasteiger partial charge in [0.2, 0.25) is 0 Å². The Morgan fingerprint density at radius 2 is 1.70 bits per heavy atom. The Morgan fingerprint density at radius 1 is 1.04 bits per heavy atom. The van der Waals surface area contributed by atoms with Crippen LogP contribution in [-0.4, -0.2) is 31.9 Å². The quantitative estimate of drug-likeness (QED) is 0.468. The molecule has 2 rings (SSSR count). The van der Waals surface area contributed by atoms with Gasteiger partial charge in [-0.3, -0.25) is 4.79 Å². The third-order valence-corrected chi connectivity index (χ3v) is 4.02. The van der Waals surface area contributed by atoms with Gasteiger partial charge in [-0.1, -0.05) is 0 Å². The Kier molecular flexibility index (Phi) is 8.13. The van der Waals surface area contributed by atoms with Gasteiger partial charge in [-0.25, -0.2) is 5.43 Å². The lowest BCUT2D eigenvalue weighted by atomic mass is 10.2. The molecule has 0 radical (unpaired) electrons. The number of carbonyl (C=O) groups excluding carboxylic acids is 1. The fourth-order valence-corrected chi connectivity index (χ4v) is 2.88. The van der Waals surface area contributed by atoms with Crippen LogP contribution in [0.3, 0.4) is 0 Å². The molecule has 27 heavy (non-hydrogen) atoms. The first-order chi connectivity index (χ1) is 13.1. The van der Waals surface area contributed by atoms with Crippen LogP contribution in [0.2, 0.25) is 0 Å². The molecule has 2 aromatic carbocycles. The first kappa shape index (κ1) is 20.8. The second-order valence-corrected chi connectivity index (χ2v) is 6.21. The minimum atomic E-state index is -0.302. The molecule has 0 saturated carbocycles. The maximum absolute atomic E-state index is 12.2. The number of nitrogens with zero attached hydrogens (tertiary/aromatic N) is 1. The molecule has 0 aliphatic rings. The third kappa shape index (κ3) is 5.99. The smallest absolute Gasteiger partial charge is 0.271 e. The van der Waals surface area contributed by atoms with E-state index in [0.29, 0.717) is 36.9 Å². The molecule has 0 atom stereocenters. The van der Waals surface area contributed by atoms with Gasteiger partial charge in [0.1, 0.15) is 5.75 Å². The van der Waals surface area contributed by atoms with Crippen molar-refractivity contribution in [2.45, 2.75) is 20.8 Å². The van der Waals surface area contributed by atoms with Crippen LogP contribution < -0.4 is 19.6 Å². The van der Waals surface area contributed by atoms with Crippen LogP contribution in [0.5, 0.6) is 17.2 Å². The highest BCUT2D eigenvalue weighted by Crippen LogP contribution is 2.36. The number of hydrogen-bond donors (Lipinski definition) is 1. The van der Waals surface area contributed by atoms with Crippen molar-refractivity contribution in [3.63, 3.8) is 0 Å². The highest BCUT2D eigenvalue weighted by Gasteiger charge is 2.11. The van der Waals surface area contributed by atoms with E-state index in [1.54, 1.807) is 30.5 Å². The molecule has 2 aromatic rings. The zero-order valence-electron chi connectivity index (χ0n) is 15.6. The average molecular weight is 435 g/mol. The Labute approximate surface area is 167 Å². The molecule has 0 fully saturated rings. The van der Waals surface area contributed by atoms with E-state index < -0.39 is 0 Å². The van der Waals surface area contributed by atoms with Crippen LogP contribution in [0.15, 0.2) is 46.0 Å². The summed E-state index contributed by atoms with van der Waals surface area (Å²) in [6, 6.07) is 10.5. The SMILES string of the molecule is CCOc1ccc(C(=O)N/N=C\c2cc(Br)c(OCC)c(OCC)c2)cc1.